The molecule has 2 aromatic heterocycles. The first-order chi connectivity index (χ1) is 11.5. The van der Waals surface area contributed by atoms with Crippen LogP contribution in [0.2, 0.25) is 0 Å². The van der Waals surface area contributed by atoms with E-state index in [4.69, 9.17) is 4.52 Å². The molecule has 0 saturated heterocycles. The van der Waals surface area contributed by atoms with E-state index in [1.165, 1.54) is 10.2 Å². The van der Waals surface area contributed by atoms with Crippen LogP contribution in [-0.4, -0.2) is 31.1 Å². The van der Waals surface area contributed by atoms with E-state index in [0.29, 0.717) is 11.5 Å². The van der Waals surface area contributed by atoms with Crippen LogP contribution in [0.25, 0.3) is 23.0 Å². The van der Waals surface area contributed by atoms with Gasteiger partial charge in [-0.05, 0) is 18.7 Å². The molecule has 0 radical (unpaired) electrons. The van der Waals surface area contributed by atoms with Crippen LogP contribution in [0.4, 0.5) is 5.69 Å². The number of rotatable bonds is 5. The summed E-state index contributed by atoms with van der Waals surface area (Å²) in [5.41, 5.74) is 2.38. The lowest BCUT2D eigenvalue weighted by molar-refractivity contribution is -0.384. The van der Waals surface area contributed by atoms with Crippen LogP contribution in [-0.2, 0) is 12.8 Å². The zero-order valence-corrected chi connectivity index (χ0v) is 14.2. The molecule has 0 saturated carbocycles. The van der Waals surface area contributed by atoms with Crippen LogP contribution in [0.3, 0.4) is 0 Å². The monoisotopic (exact) mass is 345 g/mol. The zero-order chi connectivity index (χ0) is 17.3. The first kappa shape index (κ1) is 16.2. The normalized spacial score (nSPS) is 11.0. The van der Waals surface area contributed by atoms with Gasteiger partial charge in [0.25, 0.3) is 5.89 Å². The summed E-state index contributed by atoms with van der Waals surface area (Å²) in [5.74, 6) is 1.39. The molecule has 9 heteroatoms. The van der Waals surface area contributed by atoms with Crippen molar-refractivity contribution in [3.63, 3.8) is 0 Å². The van der Waals surface area contributed by atoms with Crippen LogP contribution in [0, 0.1) is 17.0 Å². The molecule has 1 aromatic carbocycles. The quantitative estimate of drug-likeness (QED) is 0.517. The van der Waals surface area contributed by atoms with Gasteiger partial charge in [-0.1, -0.05) is 29.4 Å². The number of nitro groups is 1. The Morgan fingerprint density at radius 3 is 2.67 bits per heavy atom. The molecule has 0 aliphatic heterocycles. The standard InChI is InChI=1S/C15H15N5O3S/c1-9-12(20(21)22)13(19(2)17-9)15-16-14(18-23-15)11-6-4-10(5-7-11)8-24-3/h4-7H,8H2,1-3H3. The van der Waals surface area contributed by atoms with Crippen molar-refractivity contribution in [2.75, 3.05) is 6.26 Å². The number of benzene rings is 1. The minimum atomic E-state index is -0.487. The summed E-state index contributed by atoms with van der Waals surface area (Å²) in [4.78, 5) is 15.1. The maximum Gasteiger partial charge on any atom is 0.322 e. The molecule has 24 heavy (non-hydrogen) atoms. The van der Waals surface area contributed by atoms with Gasteiger partial charge in [0.15, 0.2) is 0 Å². The second-order valence-corrected chi connectivity index (χ2v) is 6.08. The molecule has 8 nitrogen and oxygen atoms in total. The van der Waals surface area contributed by atoms with E-state index in [9.17, 15) is 10.1 Å². The highest BCUT2D eigenvalue weighted by atomic mass is 32.2. The summed E-state index contributed by atoms with van der Waals surface area (Å²) < 4.78 is 6.62. The van der Waals surface area contributed by atoms with E-state index in [1.807, 2.05) is 30.5 Å². The number of hydrogen-bond acceptors (Lipinski definition) is 7. The fourth-order valence-corrected chi connectivity index (χ4v) is 2.98. The predicted octanol–water partition coefficient (Wildman–Crippen LogP) is 3.22. The van der Waals surface area contributed by atoms with E-state index < -0.39 is 4.92 Å². The number of hydrogen-bond donors (Lipinski definition) is 0. The summed E-state index contributed by atoms with van der Waals surface area (Å²) in [7, 11) is 1.61. The SMILES string of the molecule is CSCc1ccc(-c2noc(-c3c([N+](=O)[O-])c(C)nn3C)n2)cc1. The molecule has 0 aliphatic rings. The van der Waals surface area contributed by atoms with Gasteiger partial charge in [0, 0.05) is 18.4 Å². The maximum atomic E-state index is 11.3. The molecule has 0 fully saturated rings. The zero-order valence-electron chi connectivity index (χ0n) is 13.4. The lowest BCUT2D eigenvalue weighted by atomic mass is 10.1. The molecule has 0 amide bonds. The Labute approximate surface area is 142 Å². The Morgan fingerprint density at radius 1 is 1.33 bits per heavy atom. The molecule has 3 aromatic rings. The van der Waals surface area contributed by atoms with Gasteiger partial charge in [-0.2, -0.15) is 21.8 Å². The summed E-state index contributed by atoms with van der Waals surface area (Å²) in [6, 6.07) is 7.81. The fraction of sp³-hybridized carbons (Fsp3) is 0.267. The van der Waals surface area contributed by atoms with E-state index in [2.05, 4.69) is 15.2 Å². The Bertz CT molecular complexity index is 885. The highest BCUT2D eigenvalue weighted by Gasteiger charge is 2.29. The Balaban J connectivity index is 1.98. The molecule has 0 atom stereocenters. The lowest BCUT2D eigenvalue weighted by Crippen LogP contribution is -1.96. The molecule has 3 rings (SSSR count). The van der Waals surface area contributed by atoms with Gasteiger partial charge in [-0.3, -0.25) is 14.8 Å². The maximum absolute atomic E-state index is 11.3. The summed E-state index contributed by atoms with van der Waals surface area (Å²) >= 11 is 1.74. The minimum Gasteiger partial charge on any atom is -0.332 e. The minimum absolute atomic E-state index is 0.0768. The Kier molecular flexibility index (Phi) is 4.34. The van der Waals surface area contributed by atoms with Crippen molar-refractivity contribution >= 4 is 17.4 Å². The number of aryl methyl sites for hydroxylation is 2. The van der Waals surface area contributed by atoms with E-state index in [0.717, 1.165) is 11.3 Å². The first-order valence-corrected chi connectivity index (χ1v) is 8.51. The van der Waals surface area contributed by atoms with Gasteiger partial charge in [0.05, 0.1) is 4.92 Å². The number of aromatic nitrogens is 4. The Hall–Kier alpha value is -2.68. The van der Waals surface area contributed by atoms with Gasteiger partial charge in [0.2, 0.25) is 11.5 Å². The summed E-state index contributed by atoms with van der Waals surface area (Å²) in [6.07, 6.45) is 2.04. The van der Waals surface area contributed by atoms with Crippen molar-refractivity contribution in [3.05, 3.63) is 45.6 Å². The van der Waals surface area contributed by atoms with Crippen LogP contribution < -0.4 is 0 Å². The van der Waals surface area contributed by atoms with E-state index in [-0.39, 0.29) is 17.3 Å². The molecule has 0 spiro atoms. The molecule has 2 heterocycles. The first-order valence-electron chi connectivity index (χ1n) is 7.11. The van der Waals surface area contributed by atoms with Crippen molar-refractivity contribution < 1.29 is 9.45 Å². The summed E-state index contributed by atoms with van der Waals surface area (Å²) in [6.45, 7) is 1.57. The van der Waals surface area contributed by atoms with Crippen molar-refractivity contribution in [3.8, 4) is 23.0 Å². The predicted molar refractivity (Wildman–Crippen MR) is 90.5 cm³/mol. The fourth-order valence-electron chi connectivity index (χ4n) is 2.46. The number of nitrogens with zero attached hydrogens (tertiary/aromatic N) is 5. The van der Waals surface area contributed by atoms with Crippen LogP contribution in [0.15, 0.2) is 28.8 Å². The highest BCUT2D eigenvalue weighted by molar-refractivity contribution is 7.97. The topological polar surface area (TPSA) is 99.9 Å². The van der Waals surface area contributed by atoms with Crippen molar-refractivity contribution in [2.24, 2.45) is 7.05 Å². The lowest BCUT2D eigenvalue weighted by Gasteiger charge is -1.99. The third-order valence-corrected chi connectivity index (χ3v) is 4.15. The second-order valence-electron chi connectivity index (χ2n) is 5.22. The smallest absolute Gasteiger partial charge is 0.322 e. The third-order valence-electron chi connectivity index (χ3n) is 3.52. The molecular weight excluding hydrogens is 330 g/mol. The largest absolute Gasteiger partial charge is 0.332 e. The molecule has 0 unspecified atom stereocenters. The van der Waals surface area contributed by atoms with Crippen molar-refractivity contribution in [1.29, 1.82) is 0 Å². The van der Waals surface area contributed by atoms with Gasteiger partial charge >= 0.3 is 5.69 Å². The van der Waals surface area contributed by atoms with Crippen molar-refractivity contribution in [1.82, 2.24) is 19.9 Å². The van der Waals surface area contributed by atoms with Crippen LogP contribution >= 0.6 is 11.8 Å². The van der Waals surface area contributed by atoms with Crippen LogP contribution in [0.1, 0.15) is 11.3 Å². The molecular formula is C15H15N5O3S. The second kappa shape index (κ2) is 6.44. The van der Waals surface area contributed by atoms with E-state index in [1.54, 1.807) is 25.7 Å². The molecule has 124 valence electrons. The highest BCUT2D eigenvalue weighted by Crippen LogP contribution is 2.32. The van der Waals surface area contributed by atoms with E-state index >= 15 is 0 Å². The van der Waals surface area contributed by atoms with Crippen LogP contribution in [0.5, 0.6) is 0 Å². The average Bonchev–Trinajstić information content (AvgIpc) is 3.12. The van der Waals surface area contributed by atoms with Gasteiger partial charge < -0.3 is 4.52 Å². The van der Waals surface area contributed by atoms with Gasteiger partial charge in [-0.25, -0.2) is 0 Å². The third kappa shape index (κ3) is 2.90. The molecule has 0 bridgehead atoms. The number of thioether (sulfide) groups is 1. The summed E-state index contributed by atoms with van der Waals surface area (Å²) in [5, 5.41) is 19.3. The molecule has 0 N–H and O–H groups in total. The van der Waals surface area contributed by atoms with Crippen molar-refractivity contribution in [2.45, 2.75) is 12.7 Å². The van der Waals surface area contributed by atoms with Gasteiger partial charge in [0.1, 0.15) is 5.69 Å². The van der Waals surface area contributed by atoms with Gasteiger partial charge in [-0.15, -0.1) is 0 Å². The molecule has 0 aliphatic carbocycles. The Morgan fingerprint density at radius 2 is 2.04 bits per heavy atom. The average molecular weight is 345 g/mol.